The van der Waals surface area contributed by atoms with Crippen LogP contribution in [0, 0.1) is 0 Å². The smallest absolute Gasteiger partial charge is 0.276 e. The Kier molecular flexibility index (Phi) is 6.33. The monoisotopic (exact) mass is 531 g/mol. The van der Waals surface area contributed by atoms with Crippen molar-refractivity contribution in [3.8, 4) is 0 Å². The van der Waals surface area contributed by atoms with Crippen molar-refractivity contribution in [1.29, 1.82) is 0 Å². The lowest BCUT2D eigenvalue weighted by Crippen LogP contribution is -2.26. The van der Waals surface area contributed by atoms with Crippen LogP contribution in [0.4, 0.5) is 5.69 Å². The molecule has 5 rings (SSSR count). The molecule has 1 aliphatic rings. The Hall–Kier alpha value is -4.35. The van der Waals surface area contributed by atoms with Gasteiger partial charge < -0.3 is 5.32 Å². The first-order valence-corrected chi connectivity index (χ1v) is 13.3. The van der Waals surface area contributed by atoms with Crippen molar-refractivity contribution in [3.63, 3.8) is 0 Å². The number of aromatic nitrogens is 2. The molecule has 0 saturated carbocycles. The van der Waals surface area contributed by atoms with E-state index in [1.54, 1.807) is 48.0 Å². The first-order chi connectivity index (χ1) is 18.1. The fraction of sp³-hybridized carbons (Fsp3) is 0.185. The maximum absolute atomic E-state index is 13.2. The van der Waals surface area contributed by atoms with Gasteiger partial charge in [0.15, 0.2) is 5.69 Å². The minimum atomic E-state index is -3.55. The van der Waals surface area contributed by atoms with Crippen molar-refractivity contribution in [2.75, 3.05) is 26.0 Å². The molecule has 0 aliphatic carbocycles. The number of hydrogen-bond donors (Lipinski definition) is 1. The molecule has 10 nitrogen and oxygen atoms in total. The summed E-state index contributed by atoms with van der Waals surface area (Å²) in [6.07, 6.45) is 0. The van der Waals surface area contributed by atoms with Crippen LogP contribution in [0.1, 0.15) is 43.7 Å². The molecule has 2 heterocycles. The molecule has 11 heteroatoms. The van der Waals surface area contributed by atoms with Gasteiger partial charge in [-0.15, -0.1) is 0 Å². The average Bonchev–Trinajstić information content (AvgIpc) is 3.39. The summed E-state index contributed by atoms with van der Waals surface area (Å²) < 4.78 is 28.1. The van der Waals surface area contributed by atoms with Gasteiger partial charge in [0.25, 0.3) is 17.7 Å². The molecule has 0 spiro atoms. The quantitative estimate of drug-likeness (QED) is 0.366. The van der Waals surface area contributed by atoms with Gasteiger partial charge in [-0.3, -0.25) is 24.0 Å². The van der Waals surface area contributed by atoms with E-state index in [9.17, 15) is 22.8 Å². The summed E-state index contributed by atoms with van der Waals surface area (Å²) in [6, 6.07) is 18.5. The van der Waals surface area contributed by atoms with Gasteiger partial charge in [0, 0.05) is 31.7 Å². The lowest BCUT2D eigenvalue weighted by Gasteiger charge is -2.15. The Balaban J connectivity index is 1.41. The molecule has 1 N–H and O–H groups in total. The molecule has 194 valence electrons. The Morgan fingerprint density at radius 3 is 2.37 bits per heavy atom. The van der Waals surface area contributed by atoms with Gasteiger partial charge in [0.2, 0.25) is 10.0 Å². The highest BCUT2D eigenvalue weighted by molar-refractivity contribution is 7.89. The topological polar surface area (TPSA) is 122 Å². The van der Waals surface area contributed by atoms with E-state index in [0.717, 1.165) is 16.0 Å². The number of rotatable bonds is 7. The molecule has 0 radical (unpaired) electrons. The summed E-state index contributed by atoms with van der Waals surface area (Å²) in [5.74, 6) is -1.26. The normalized spacial score (nSPS) is 13.4. The highest BCUT2D eigenvalue weighted by Crippen LogP contribution is 2.26. The summed E-state index contributed by atoms with van der Waals surface area (Å²) in [5, 5.41) is 7.97. The van der Waals surface area contributed by atoms with Gasteiger partial charge in [-0.05, 0) is 42.0 Å². The van der Waals surface area contributed by atoms with E-state index in [0.29, 0.717) is 29.7 Å². The fourth-order valence-corrected chi connectivity index (χ4v) is 5.51. The van der Waals surface area contributed by atoms with Crippen LogP contribution >= 0.6 is 0 Å². The standard InChI is InChI=1S/C27H25N5O5S/c1-4-30(2)38(36,37)19-12-9-17(10-13-19)16-32-23-8-6-5-7-21(23)24(29-32)25(33)28-18-11-14-20-22(15-18)27(35)31(3)26(20)34/h5-15H,4,16H2,1-3H3,(H,28,33). The first-order valence-electron chi connectivity index (χ1n) is 11.9. The number of carbonyl (C=O) groups is 3. The van der Waals surface area contributed by atoms with Crippen LogP contribution in [0.3, 0.4) is 0 Å². The third kappa shape index (κ3) is 4.25. The molecular formula is C27H25N5O5S. The molecule has 0 fully saturated rings. The second kappa shape index (κ2) is 9.51. The zero-order chi connectivity index (χ0) is 27.2. The van der Waals surface area contributed by atoms with Crippen LogP contribution in [0.25, 0.3) is 10.9 Å². The van der Waals surface area contributed by atoms with E-state index in [1.165, 1.54) is 30.5 Å². The number of benzene rings is 3. The second-order valence-corrected chi connectivity index (χ2v) is 11.0. The summed E-state index contributed by atoms with van der Waals surface area (Å²) in [7, 11) is -0.602. The molecule has 1 aliphatic heterocycles. The summed E-state index contributed by atoms with van der Waals surface area (Å²) in [4.78, 5) is 39.0. The summed E-state index contributed by atoms with van der Waals surface area (Å²) in [5.41, 5.74) is 2.65. The number of nitrogens with one attached hydrogen (secondary N) is 1. The van der Waals surface area contributed by atoms with Crippen molar-refractivity contribution in [1.82, 2.24) is 19.0 Å². The summed E-state index contributed by atoms with van der Waals surface area (Å²) >= 11 is 0. The molecule has 0 atom stereocenters. The fourth-order valence-electron chi connectivity index (χ4n) is 4.33. The molecule has 0 saturated heterocycles. The Labute approximate surface area is 219 Å². The predicted octanol–water partition coefficient (Wildman–Crippen LogP) is 3.20. The van der Waals surface area contributed by atoms with Gasteiger partial charge >= 0.3 is 0 Å². The second-order valence-electron chi connectivity index (χ2n) is 8.97. The Morgan fingerprint density at radius 2 is 1.66 bits per heavy atom. The zero-order valence-electron chi connectivity index (χ0n) is 21.0. The van der Waals surface area contributed by atoms with E-state index >= 15 is 0 Å². The zero-order valence-corrected chi connectivity index (χ0v) is 21.8. The largest absolute Gasteiger partial charge is 0.321 e. The number of anilines is 1. The lowest BCUT2D eigenvalue weighted by molar-refractivity contribution is 0.0692. The van der Waals surface area contributed by atoms with Crippen LogP contribution in [0.15, 0.2) is 71.6 Å². The highest BCUT2D eigenvalue weighted by Gasteiger charge is 2.33. The van der Waals surface area contributed by atoms with Crippen molar-refractivity contribution >= 4 is 44.3 Å². The van der Waals surface area contributed by atoms with E-state index in [2.05, 4.69) is 10.4 Å². The van der Waals surface area contributed by atoms with Crippen LogP contribution in [-0.2, 0) is 16.6 Å². The number of sulfonamides is 1. The lowest BCUT2D eigenvalue weighted by atomic mass is 10.1. The predicted molar refractivity (Wildman–Crippen MR) is 142 cm³/mol. The molecule has 3 aromatic carbocycles. The first kappa shape index (κ1) is 25.3. The number of hydrogen-bond acceptors (Lipinski definition) is 6. The summed E-state index contributed by atoms with van der Waals surface area (Å²) in [6.45, 7) is 2.45. The van der Waals surface area contributed by atoms with E-state index in [4.69, 9.17) is 0 Å². The number of amides is 3. The molecule has 38 heavy (non-hydrogen) atoms. The number of para-hydroxylation sites is 1. The SMILES string of the molecule is CCN(C)S(=O)(=O)c1ccc(Cn2nc(C(=O)Nc3ccc4c(c3)C(=O)N(C)C4=O)c3ccccc32)cc1. The molecular weight excluding hydrogens is 506 g/mol. The van der Waals surface area contributed by atoms with Crippen LogP contribution < -0.4 is 5.32 Å². The number of carbonyl (C=O) groups excluding carboxylic acids is 3. The Morgan fingerprint density at radius 1 is 0.974 bits per heavy atom. The van der Waals surface area contributed by atoms with Gasteiger partial charge in [-0.1, -0.05) is 37.3 Å². The van der Waals surface area contributed by atoms with E-state index < -0.39 is 21.8 Å². The van der Waals surface area contributed by atoms with Gasteiger partial charge in [-0.25, -0.2) is 12.7 Å². The van der Waals surface area contributed by atoms with Crippen LogP contribution in [0.5, 0.6) is 0 Å². The maximum atomic E-state index is 13.2. The van der Waals surface area contributed by atoms with Crippen LogP contribution in [0.2, 0.25) is 0 Å². The molecule has 0 unspecified atom stereocenters. The van der Waals surface area contributed by atoms with Crippen molar-refractivity contribution in [2.45, 2.75) is 18.4 Å². The van der Waals surface area contributed by atoms with E-state index in [1.807, 2.05) is 18.2 Å². The Bertz CT molecular complexity index is 1710. The highest BCUT2D eigenvalue weighted by atomic mass is 32.2. The van der Waals surface area contributed by atoms with Gasteiger partial charge in [0.1, 0.15) is 0 Å². The number of imide groups is 1. The van der Waals surface area contributed by atoms with Gasteiger partial charge in [-0.2, -0.15) is 5.10 Å². The number of fused-ring (bicyclic) bond motifs is 2. The maximum Gasteiger partial charge on any atom is 0.276 e. The molecule has 3 amide bonds. The minimum absolute atomic E-state index is 0.199. The number of nitrogens with zero attached hydrogens (tertiary/aromatic N) is 4. The van der Waals surface area contributed by atoms with Crippen LogP contribution in [-0.4, -0.2) is 65.8 Å². The molecule has 1 aromatic heterocycles. The van der Waals surface area contributed by atoms with Crippen molar-refractivity contribution in [2.24, 2.45) is 0 Å². The molecule has 0 bridgehead atoms. The van der Waals surface area contributed by atoms with Crippen molar-refractivity contribution < 1.29 is 22.8 Å². The third-order valence-electron chi connectivity index (χ3n) is 6.63. The van der Waals surface area contributed by atoms with E-state index in [-0.39, 0.29) is 22.1 Å². The third-order valence-corrected chi connectivity index (χ3v) is 8.58. The average molecular weight is 532 g/mol. The molecule has 4 aromatic rings. The minimum Gasteiger partial charge on any atom is -0.321 e. The van der Waals surface area contributed by atoms with Gasteiger partial charge in [0.05, 0.1) is 28.1 Å². The van der Waals surface area contributed by atoms with Crippen molar-refractivity contribution in [3.05, 3.63) is 89.1 Å².